The molecule has 0 aliphatic carbocycles. The lowest BCUT2D eigenvalue weighted by Crippen LogP contribution is -2.55. The topological polar surface area (TPSA) is 188 Å². The van der Waals surface area contributed by atoms with E-state index in [-0.39, 0.29) is 12.2 Å². The Balaban J connectivity index is 2.01. The highest BCUT2D eigenvalue weighted by molar-refractivity contribution is 5.94. The van der Waals surface area contributed by atoms with Crippen LogP contribution >= 0.6 is 0 Å². The van der Waals surface area contributed by atoms with Gasteiger partial charge in [-0.05, 0) is 62.4 Å². The molecule has 268 valence electrons. The molecule has 49 heavy (non-hydrogen) atoms. The lowest BCUT2D eigenvalue weighted by atomic mass is 9.82. The summed E-state index contributed by atoms with van der Waals surface area (Å²) in [5.74, 6) is -6.60. The lowest BCUT2D eigenvalue weighted by Gasteiger charge is -2.29. The summed E-state index contributed by atoms with van der Waals surface area (Å²) in [4.78, 5) is 61.1. The molecule has 2 rings (SSSR count). The van der Waals surface area contributed by atoms with Gasteiger partial charge < -0.3 is 30.5 Å². The minimum absolute atomic E-state index is 0.173. The van der Waals surface area contributed by atoms with Crippen molar-refractivity contribution in [3.05, 3.63) is 71.8 Å². The zero-order valence-corrected chi connectivity index (χ0v) is 28.6. The van der Waals surface area contributed by atoms with E-state index in [0.29, 0.717) is 42.7 Å². The fraction of sp³-hybridized carbons (Fsp3) is 0.500. The van der Waals surface area contributed by atoms with E-state index in [1.54, 1.807) is 24.3 Å². The number of aliphatic carboxylic acids is 3. The number of Topliss-reactive ketones (excluding diaryl/α,β-unsaturated/α-hetero) is 1. The van der Waals surface area contributed by atoms with E-state index in [1.165, 1.54) is 12.5 Å². The van der Waals surface area contributed by atoms with E-state index in [9.17, 15) is 44.4 Å². The average Bonchev–Trinajstić information content (AvgIpc) is 3.04. The number of carboxylic acids is 3. The smallest absolute Gasteiger partial charge is 0.337 e. The number of allylic oxidation sites excluding steroid dienone is 1. The molecule has 3 atom stereocenters. The zero-order valence-electron chi connectivity index (χ0n) is 28.6. The van der Waals surface area contributed by atoms with Crippen LogP contribution in [0.1, 0.15) is 102 Å². The highest BCUT2D eigenvalue weighted by Crippen LogP contribution is 2.26. The van der Waals surface area contributed by atoms with Crippen LogP contribution in [0.15, 0.2) is 60.7 Å². The molecular formula is C38H51NO10. The Labute approximate surface area is 288 Å². The first-order valence-electron chi connectivity index (χ1n) is 17.1. The number of rotatable bonds is 25. The summed E-state index contributed by atoms with van der Waals surface area (Å²) in [7, 11) is 0. The van der Waals surface area contributed by atoms with Gasteiger partial charge >= 0.3 is 17.9 Å². The fourth-order valence-corrected chi connectivity index (χ4v) is 5.37. The molecule has 0 unspecified atom stereocenters. The number of amides is 1. The van der Waals surface area contributed by atoms with Crippen molar-refractivity contribution in [3.63, 3.8) is 0 Å². The monoisotopic (exact) mass is 681 g/mol. The molecule has 5 N–H and O–H groups in total. The minimum Gasteiger partial charge on any atom is -0.481 e. The van der Waals surface area contributed by atoms with Crippen LogP contribution in [0, 0.1) is 12.8 Å². The number of benzene rings is 2. The van der Waals surface area contributed by atoms with Crippen LogP contribution in [0.4, 0.5) is 0 Å². The molecule has 0 bridgehead atoms. The summed E-state index contributed by atoms with van der Waals surface area (Å²) in [6.07, 6.45) is 11.2. The number of hydrogen-bond acceptors (Lipinski definition) is 7. The highest BCUT2D eigenvalue weighted by Gasteiger charge is 2.49. The summed E-state index contributed by atoms with van der Waals surface area (Å²) < 4.78 is 5.80. The van der Waals surface area contributed by atoms with Gasteiger partial charge in [-0.15, -0.1) is 0 Å². The standard InChI is InChI=1S/C38H51NO10/c1-3-4-5-8-11-14-29(40)15-12-9-6-7-10-13-16-32(38(48,37(46)47)26-34(41)42)35(43)39-33(36(44)45)25-28-19-23-31(24-20-28)49-30-21-17-27(2)18-22-30/h13,16-24,32-33,48H,3-12,14-15,25-26H2,1-2H3,(H,39,43)(H,41,42)(H,44,45)(H,46,47)/b16-13+/t32-,33+,38+/m1/s1. The van der Waals surface area contributed by atoms with E-state index in [1.807, 2.05) is 31.2 Å². The Morgan fingerprint density at radius 3 is 1.88 bits per heavy atom. The second-order valence-electron chi connectivity index (χ2n) is 12.5. The number of aliphatic hydroxyl groups is 1. The van der Waals surface area contributed by atoms with Crippen molar-refractivity contribution in [2.24, 2.45) is 5.92 Å². The van der Waals surface area contributed by atoms with Gasteiger partial charge in [-0.3, -0.25) is 14.4 Å². The van der Waals surface area contributed by atoms with Gasteiger partial charge in [-0.2, -0.15) is 0 Å². The van der Waals surface area contributed by atoms with Crippen molar-refractivity contribution in [2.75, 3.05) is 0 Å². The number of aryl methyl sites for hydroxylation is 1. The normalized spacial score (nSPS) is 13.7. The predicted molar refractivity (Wildman–Crippen MR) is 185 cm³/mol. The van der Waals surface area contributed by atoms with Crippen LogP contribution in [0.25, 0.3) is 0 Å². The van der Waals surface area contributed by atoms with Crippen molar-refractivity contribution in [1.29, 1.82) is 0 Å². The van der Waals surface area contributed by atoms with Crippen LogP contribution in [0.5, 0.6) is 11.5 Å². The number of carbonyl (C=O) groups is 5. The summed E-state index contributed by atoms with van der Waals surface area (Å²) in [6.45, 7) is 4.10. The van der Waals surface area contributed by atoms with Crippen molar-refractivity contribution >= 4 is 29.6 Å². The first kappa shape index (κ1) is 40.7. The Kier molecular flexibility index (Phi) is 17.8. The number of carboxylic acid groups (broad SMARTS) is 3. The second kappa shape index (κ2) is 21.5. The van der Waals surface area contributed by atoms with Gasteiger partial charge in [0.2, 0.25) is 5.91 Å². The van der Waals surface area contributed by atoms with Gasteiger partial charge in [0, 0.05) is 19.3 Å². The quantitative estimate of drug-likeness (QED) is 0.0562. The molecule has 0 aliphatic rings. The molecule has 0 radical (unpaired) electrons. The molecule has 0 saturated carbocycles. The third kappa shape index (κ3) is 15.1. The number of hydrogen-bond donors (Lipinski definition) is 5. The van der Waals surface area contributed by atoms with Gasteiger partial charge in [0.05, 0.1) is 12.3 Å². The first-order chi connectivity index (χ1) is 23.3. The molecule has 0 fully saturated rings. The van der Waals surface area contributed by atoms with Crippen molar-refractivity contribution < 1.29 is 49.1 Å². The van der Waals surface area contributed by atoms with Crippen LogP contribution in [-0.4, -0.2) is 61.7 Å². The minimum atomic E-state index is -3.03. The van der Waals surface area contributed by atoms with Gasteiger partial charge in [0.1, 0.15) is 23.3 Å². The van der Waals surface area contributed by atoms with Crippen molar-refractivity contribution in [2.45, 2.75) is 115 Å². The van der Waals surface area contributed by atoms with E-state index < -0.39 is 47.8 Å². The number of carbonyl (C=O) groups excluding carboxylic acids is 2. The maximum atomic E-state index is 13.4. The second-order valence-corrected chi connectivity index (χ2v) is 12.5. The van der Waals surface area contributed by atoms with Crippen molar-refractivity contribution in [1.82, 2.24) is 5.32 Å². The summed E-state index contributed by atoms with van der Waals surface area (Å²) in [6, 6.07) is 12.5. The SMILES string of the molecule is CCCCCCCC(=O)CCCCCC/C=C/[C@H](C(=O)N[C@@H](Cc1ccc(Oc2ccc(C)cc2)cc1)C(=O)O)[C@@](O)(CC(=O)O)C(=O)O. The molecular weight excluding hydrogens is 630 g/mol. The van der Waals surface area contributed by atoms with E-state index >= 15 is 0 Å². The molecule has 11 nitrogen and oxygen atoms in total. The Morgan fingerprint density at radius 2 is 1.35 bits per heavy atom. The number of nitrogens with one attached hydrogen (secondary N) is 1. The number of ether oxygens (including phenoxy) is 1. The third-order valence-corrected chi connectivity index (χ3v) is 8.29. The predicted octanol–water partition coefficient (Wildman–Crippen LogP) is 6.63. The third-order valence-electron chi connectivity index (χ3n) is 8.29. The summed E-state index contributed by atoms with van der Waals surface area (Å²) >= 11 is 0. The molecule has 0 heterocycles. The van der Waals surface area contributed by atoms with Crippen LogP contribution in [0.3, 0.4) is 0 Å². The Morgan fingerprint density at radius 1 is 0.796 bits per heavy atom. The molecule has 0 spiro atoms. The molecule has 2 aromatic carbocycles. The number of ketones is 1. The first-order valence-corrected chi connectivity index (χ1v) is 17.1. The van der Waals surface area contributed by atoms with Gasteiger partial charge in [0.25, 0.3) is 0 Å². The van der Waals surface area contributed by atoms with E-state index in [4.69, 9.17) is 4.74 Å². The van der Waals surface area contributed by atoms with Crippen molar-refractivity contribution in [3.8, 4) is 11.5 Å². The fourth-order valence-electron chi connectivity index (χ4n) is 5.37. The van der Waals surface area contributed by atoms with E-state index in [0.717, 1.165) is 56.6 Å². The molecule has 2 aromatic rings. The molecule has 1 amide bonds. The molecule has 0 saturated heterocycles. The zero-order chi connectivity index (χ0) is 36.2. The maximum absolute atomic E-state index is 13.4. The van der Waals surface area contributed by atoms with Gasteiger partial charge in [-0.25, -0.2) is 9.59 Å². The summed E-state index contributed by atoms with van der Waals surface area (Å²) in [5, 5.41) is 42.2. The molecule has 11 heteroatoms. The maximum Gasteiger partial charge on any atom is 0.337 e. The highest BCUT2D eigenvalue weighted by atomic mass is 16.5. The van der Waals surface area contributed by atoms with Gasteiger partial charge in [0.15, 0.2) is 5.60 Å². The van der Waals surface area contributed by atoms with Gasteiger partial charge in [-0.1, -0.05) is 87.4 Å². The van der Waals surface area contributed by atoms with E-state index in [2.05, 4.69) is 12.2 Å². The average molecular weight is 682 g/mol. The molecule has 0 aliphatic heterocycles. The van der Waals surface area contributed by atoms with Crippen LogP contribution < -0.4 is 10.1 Å². The largest absolute Gasteiger partial charge is 0.481 e. The molecule has 0 aromatic heterocycles. The Bertz CT molecular complexity index is 1390. The van der Waals surface area contributed by atoms with Crippen LogP contribution in [-0.2, 0) is 30.4 Å². The van der Waals surface area contributed by atoms with Crippen LogP contribution in [0.2, 0.25) is 0 Å². The lowest BCUT2D eigenvalue weighted by molar-refractivity contribution is -0.172. The summed E-state index contributed by atoms with van der Waals surface area (Å²) in [5.41, 5.74) is -1.42. The Hall–Kier alpha value is -4.51. The number of unbranched alkanes of at least 4 members (excludes halogenated alkanes) is 8.